The topological polar surface area (TPSA) is 88.0 Å². The van der Waals surface area contributed by atoms with Crippen molar-refractivity contribution in [1.29, 1.82) is 0 Å². The number of nitrogens with zero attached hydrogens (tertiary/aromatic N) is 3. The monoisotopic (exact) mass is 475 g/mol. The second kappa shape index (κ2) is 11.3. The molecule has 2 aliphatic rings. The molecule has 2 aromatic heterocycles. The average molecular weight is 476 g/mol. The molecule has 2 fully saturated rings. The van der Waals surface area contributed by atoms with Crippen molar-refractivity contribution < 1.29 is 14.3 Å². The fourth-order valence-corrected chi connectivity index (χ4v) is 5.22. The lowest BCUT2D eigenvalue weighted by molar-refractivity contribution is -0.144. The molecule has 4 rings (SSSR count). The number of alkyl halides is 1. The molecule has 4 heterocycles. The normalized spacial score (nSPS) is 24.2. The van der Waals surface area contributed by atoms with Crippen molar-refractivity contribution in [3.8, 4) is 0 Å². The van der Waals surface area contributed by atoms with E-state index in [2.05, 4.69) is 15.6 Å². The fraction of sp³-hybridized carbons (Fsp3) is 0.625. The number of halogens is 1. The first-order chi connectivity index (χ1) is 16.0. The Balaban J connectivity index is 1.13. The van der Waals surface area contributed by atoms with Crippen molar-refractivity contribution in [2.75, 3.05) is 33.3 Å². The summed E-state index contributed by atoms with van der Waals surface area (Å²) in [5.41, 5.74) is 1.47. The van der Waals surface area contributed by atoms with Crippen molar-refractivity contribution in [3.63, 3.8) is 0 Å². The van der Waals surface area contributed by atoms with Gasteiger partial charge in [-0.25, -0.2) is 4.98 Å². The molecule has 0 aromatic carbocycles. The summed E-state index contributed by atoms with van der Waals surface area (Å²) in [7, 11) is 1.64. The van der Waals surface area contributed by atoms with Crippen LogP contribution >= 0.6 is 11.6 Å². The molecule has 0 aliphatic carbocycles. The minimum atomic E-state index is -0.248. The van der Waals surface area contributed by atoms with Gasteiger partial charge in [-0.3, -0.25) is 14.9 Å². The van der Waals surface area contributed by atoms with Gasteiger partial charge in [0.25, 0.3) is 5.91 Å². The van der Waals surface area contributed by atoms with Crippen LogP contribution in [0, 0.1) is 11.8 Å². The van der Waals surface area contributed by atoms with Gasteiger partial charge < -0.3 is 19.4 Å². The summed E-state index contributed by atoms with van der Waals surface area (Å²) in [5.74, 6) is 0.538. The molecular weight excluding hydrogens is 442 g/mol. The number of likely N-dealkylation sites (tertiary alicyclic amines) is 1. The van der Waals surface area contributed by atoms with Gasteiger partial charge in [-0.05, 0) is 43.7 Å². The fourth-order valence-electron chi connectivity index (χ4n) is 4.94. The molecule has 3 atom stereocenters. The zero-order valence-corrected chi connectivity index (χ0v) is 20.0. The highest BCUT2D eigenvalue weighted by Gasteiger charge is 2.37. The number of amides is 2. The van der Waals surface area contributed by atoms with E-state index in [0.717, 1.165) is 50.8 Å². The van der Waals surface area contributed by atoms with Crippen molar-refractivity contribution in [1.82, 2.24) is 24.9 Å². The Morgan fingerprint density at radius 3 is 2.88 bits per heavy atom. The highest BCUT2D eigenvalue weighted by atomic mass is 35.5. The lowest BCUT2D eigenvalue weighted by Gasteiger charge is -2.39. The van der Waals surface area contributed by atoms with E-state index in [9.17, 15) is 9.59 Å². The maximum absolute atomic E-state index is 13.0. The minimum Gasteiger partial charge on any atom is -0.366 e. The van der Waals surface area contributed by atoms with E-state index in [-0.39, 0.29) is 29.3 Å². The van der Waals surface area contributed by atoms with Gasteiger partial charge in [0.2, 0.25) is 5.91 Å². The van der Waals surface area contributed by atoms with Crippen molar-refractivity contribution >= 4 is 29.1 Å². The van der Waals surface area contributed by atoms with E-state index in [1.54, 1.807) is 25.6 Å². The van der Waals surface area contributed by atoms with Gasteiger partial charge >= 0.3 is 0 Å². The van der Waals surface area contributed by atoms with Crippen LogP contribution in [0.15, 0.2) is 30.7 Å². The number of nitrogens with one attached hydrogen (secondary N) is 2. The molecule has 2 amide bonds. The molecule has 33 heavy (non-hydrogen) atoms. The molecule has 3 unspecified atom stereocenters. The zero-order valence-electron chi connectivity index (χ0n) is 19.2. The number of rotatable bonds is 8. The predicted molar refractivity (Wildman–Crippen MR) is 127 cm³/mol. The smallest absolute Gasteiger partial charge is 0.252 e. The maximum atomic E-state index is 13.0. The molecule has 2 saturated heterocycles. The molecule has 180 valence electrons. The molecule has 0 saturated carbocycles. The van der Waals surface area contributed by atoms with E-state index in [4.69, 9.17) is 16.3 Å². The Bertz CT molecular complexity index is 943. The Kier molecular flexibility index (Phi) is 8.22. The molecule has 2 aromatic rings. The van der Waals surface area contributed by atoms with Gasteiger partial charge in [0, 0.05) is 57.3 Å². The number of pyridine rings is 1. The summed E-state index contributed by atoms with van der Waals surface area (Å²) in [6.45, 7) is 2.95. The number of methoxy groups -OCH3 is 1. The quantitative estimate of drug-likeness (QED) is 0.452. The second-order valence-corrected chi connectivity index (χ2v) is 9.75. The molecule has 9 heteroatoms. The molecule has 0 radical (unpaired) electrons. The Hall–Kier alpha value is -2.16. The summed E-state index contributed by atoms with van der Waals surface area (Å²) in [5, 5.41) is 6.21. The third kappa shape index (κ3) is 6.05. The van der Waals surface area contributed by atoms with Crippen LogP contribution in [0.5, 0.6) is 0 Å². The highest BCUT2D eigenvalue weighted by molar-refractivity contribution is 6.21. The van der Waals surface area contributed by atoms with Crippen LogP contribution in [0.2, 0.25) is 0 Å². The molecular formula is C24H34ClN5O3. The van der Waals surface area contributed by atoms with E-state index in [1.165, 1.54) is 0 Å². The van der Waals surface area contributed by atoms with Gasteiger partial charge in [0.1, 0.15) is 11.9 Å². The van der Waals surface area contributed by atoms with Crippen LogP contribution in [0.1, 0.15) is 48.9 Å². The second-order valence-electron chi connectivity index (χ2n) is 9.13. The summed E-state index contributed by atoms with van der Waals surface area (Å²) >= 11 is 6.28. The van der Waals surface area contributed by atoms with Gasteiger partial charge in [0.15, 0.2) is 0 Å². The summed E-state index contributed by atoms with van der Waals surface area (Å²) in [6, 6.07) is 3.65. The number of carbonyl (C=O) groups is 2. The number of piperidine rings is 2. The molecule has 2 N–H and O–H groups in total. The number of carbonyl (C=O) groups excluding carboxylic acids is 2. The van der Waals surface area contributed by atoms with E-state index < -0.39 is 0 Å². The number of fused-ring (bicyclic) bond motifs is 1. The van der Waals surface area contributed by atoms with Crippen LogP contribution in [-0.4, -0.2) is 71.0 Å². The first-order valence-electron chi connectivity index (χ1n) is 11.9. The minimum absolute atomic E-state index is 0.0304. The molecule has 0 spiro atoms. The number of ether oxygens (including phenoxy) is 1. The third-order valence-corrected chi connectivity index (χ3v) is 7.22. The van der Waals surface area contributed by atoms with Gasteiger partial charge in [-0.15, -0.1) is 11.6 Å². The number of aromatic nitrogens is 2. The predicted octanol–water partition coefficient (Wildman–Crippen LogP) is 2.66. The Morgan fingerprint density at radius 1 is 1.27 bits per heavy atom. The van der Waals surface area contributed by atoms with Gasteiger partial charge in [-0.1, -0.05) is 12.8 Å². The Morgan fingerprint density at radius 2 is 2.09 bits per heavy atom. The van der Waals surface area contributed by atoms with E-state index >= 15 is 0 Å². The van der Waals surface area contributed by atoms with Crippen LogP contribution < -0.4 is 10.6 Å². The first kappa shape index (κ1) is 24.0. The number of unbranched alkanes of at least 4 members (excludes halogenated alkanes) is 1. The van der Waals surface area contributed by atoms with Crippen LogP contribution in [0.3, 0.4) is 0 Å². The van der Waals surface area contributed by atoms with Gasteiger partial charge in [0.05, 0.1) is 11.5 Å². The number of hydrogen-bond acceptors (Lipinski definition) is 5. The standard InChI is InChI=1S/C24H34ClN5O3/c1-33-23-20(14-19(25)15-28-23)24(32)29-11-7-17(8-12-29)4-2-3-9-27-22(31)18-5-6-21-26-10-13-30(21)16-18/h5-6,10,13,16-17,19-20,23,28H,2-4,7-9,11-12,14-15H2,1H3,(H,27,31). The van der Waals surface area contributed by atoms with Crippen LogP contribution in [0.25, 0.3) is 5.65 Å². The van der Waals surface area contributed by atoms with Gasteiger partial charge in [-0.2, -0.15) is 0 Å². The third-order valence-electron chi connectivity index (χ3n) is 6.89. The van der Waals surface area contributed by atoms with E-state index in [0.29, 0.717) is 31.0 Å². The SMILES string of the molecule is COC1NCC(Cl)CC1C(=O)N1CCC(CCCCNC(=O)c2ccc3nccn3c2)CC1. The van der Waals surface area contributed by atoms with E-state index in [1.807, 2.05) is 21.6 Å². The highest BCUT2D eigenvalue weighted by Crippen LogP contribution is 2.27. The van der Waals surface area contributed by atoms with Crippen LogP contribution in [-0.2, 0) is 9.53 Å². The van der Waals surface area contributed by atoms with Crippen molar-refractivity contribution in [2.24, 2.45) is 11.8 Å². The van der Waals surface area contributed by atoms with Crippen molar-refractivity contribution in [3.05, 3.63) is 36.3 Å². The molecule has 2 aliphatic heterocycles. The summed E-state index contributed by atoms with van der Waals surface area (Å²) < 4.78 is 7.32. The summed E-state index contributed by atoms with van der Waals surface area (Å²) in [4.78, 5) is 31.6. The number of hydrogen-bond donors (Lipinski definition) is 2. The molecule has 8 nitrogen and oxygen atoms in total. The number of imidazole rings is 1. The first-order valence-corrected chi connectivity index (χ1v) is 12.4. The zero-order chi connectivity index (χ0) is 23.2. The molecule has 0 bridgehead atoms. The summed E-state index contributed by atoms with van der Waals surface area (Å²) in [6.07, 6.45) is 11.0. The van der Waals surface area contributed by atoms with Crippen LogP contribution in [0.4, 0.5) is 0 Å². The Labute approximate surface area is 200 Å². The lowest BCUT2D eigenvalue weighted by atomic mass is 9.89. The van der Waals surface area contributed by atoms with Crippen molar-refractivity contribution in [2.45, 2.75) is 50.1 Å². The maximum Gasteiger partial charge on any atom is 0.252 e. The largest absolute Gasteiger partial charge is 0.366 e. The lowest BCUT2D eigenvalue weighted by Crippen LogP contribution is -2.54. The average Bonchev–Trinajstić information content (AvgIpc) is 3.31.